The lowest BCUT2D eigenvalue weighted by molar-refractivity contribution is 0.308. The third kappa shape index (κ3) is 4.47. The topological polar surface area (TPSA) is 21.3 Å². The van der Waals surface area contributed by atoms with Gasteiger partial charge in [0, 0.05) is 11.4 Å². The van der Waals surface area contributed by atoms with E-state index in [0.29, 0.717) is 0 Å². The minimum atomic E-state index is 0.823. The Morgan fingerprint density at radius 1 is 0.905 bits per heavy atom. The van der Waals surface area contributed by atoms with Crippen LogP contribution in [0.1, 0.15) is 38.5 Å². The lowest BCUT2D eigenvalue weighted by atomic mass is 10.1. The van der Waals surface area contributed by atoms with Gasteiger partial charge < -0.3 is 10.1 Å². The van der Waals surface area contributed by atoms with Crippen molar-refractivity contribution in [2.45, 2.75) is 44.6 Å². The molecule has 3 rings (SSSR count). The van der Waals surface area contributed by atoms with Crippen molar-refractivity contribution >= 4 is 10.8 Å². The highest BCUT2D eigenvalue weighted by Gasteiger charge is 2.19. The number of ether oxygens (including phenoxy) is 1. The number of rotatable bonds is 9. The lowest BCUT2D eigenvalue weighted by Gasteiger charge is -2.09. The average molecular weight is 283 g/mol. The molecule has 1 fully saturated rings. The molecule has 0 unspecified atom stereocenters. The van der Waals surface area contributed by atoms with Gasteiger partial charge in [-0.05, 0) is 43.7 Å². The van der Waals surface area contributed by atoms with E-state index in [0.717, 1.165) is 24.8 Å². The van der Waals surface area contributed by atoms with E-state index in [1.54, 1.807) is 0 Å². The van der Waals surface area contributed by atoms with Gasteiger partial charge >= 0.3 is 0 Å². The van der Waals surface area contributed by atoms with Gasteiger partial charge in [0.2, 0.25) is 0 Å². The Kier molecular flexibility index (Phi) is 5.12. The van der Waals surface area contributed by atoms with Crippen LogP contribution in [0.4, 0.5) is 0 Å². The summed E-state index contributed by atoms with van der Waals surface area (Å²) in [5.41, 5.74) is 0. The molecule has 0 radical (unpaired) electrons. The van der Waals surface area contributed by atoms with Crippen molar-refractivity contribution in [2.75, 3.05) is 13.2 Å². The van der Waals surface area contributed by atoms with Gasteiger partial charge in [0.05, 0.1) is 6.61 Å². The van der Waals surface area contributed by atoms with Crippen LogP contribution in [0.2, 0.25) is 0 Å². The third-order valence-electron chi connectivity index (χ3n) is 4.09. The van der Waals surface area contributed by atoms with Gasteiger partial charge in [-0.15, -0.1) is 0 Å². The molecule has 0 aromatic heterocycles. The zero-order valence-electron chi connectivity index (χ0n) is 12.7. The molecule has 1 N–H and O–H groups in total. The fourth-order valence-corrected chi connectivity index (χ4v) is 2.68. The highest BCUT2D eigenvalue weighted by atomic mass is 16.5. The molecule has 0 atom stereocenters. The van der Waals surface area contributed by atoms with Crippen LogP contribution in [-0.2, 0) is 0 Å². The lowest BCUT2D eigenvalue weighted by Crippen LogP contribution is -2.17. The Morgan fingerprint density at radius 3 is 2.62 bits per heavy atom. The molecule has 1 saturated carbocycles. The molecule has 2 nitrogen and oxygen atoms in total. The minimum Gasteiger partial charge on any atom is -0.493 e. The number of hydrogen-bond acceptors (Lipinski definition) is 2. The molecule has 0 heterocycles. The number of fused-ring (bicyclic) bond motifs is 1. The maximum Gasteiger partial charge on any atom is 0.127 e. The molecular formula is C19H25NO. The minimum absolute atomic E-state index is 0.823. The number of unbranched alkanes of at least 4 members (excludes halogenated alkanes) is 3. The highest BCUT2D eigenvalue weighted by molar-refractivity contribution is 5.88. The van der Waals surface area contributed by atoms with Crippen molar-refractivity contribution in [3.63, 3.8) is 0 Å². The Morgan fingerprint density at radius 2 is 1.71 bits per heavy atom. The molecule has 2 aromatic carbocycles. The molecule has 0 spiro atoms. The Hall–Kier alpha value is -1.54. The van der Waals surface area contributed by atoms with Crippen LogP contribution in [0.15, 0.2) is 42.5 Å². The Labute approximate surface area is 127 Å². The van der Waals surface area contributed by atoms with E-state index < -0.39 is 0 Å². The van der Waals surface area contributed by atoms with E-state index in [4.69, 9.17) is 4.74 Å². The van der Waals surface area contributed by atoms with Crippen LogP contribution in [0, 0.1) is 0 Å². The zero-order chi connectivity index (χ0) is 14.3. The highest BCUT2D eigenvalue weighted by Crippen LogP contribution is 2.25. The molecule has 0 bridgehead atoms. The molecular weight excluding hydrogens is 258 g/mol. The predicted octanol–water partition coefficient (Wildman–Crippen LogP) is 4.53. The second kappa shape index (κ2) is 7.46. The summed E-state index contributed by atoms with van der Waals surface area (Å²) in [6, 6.07) is 15.5. The standard InChI is InChI=1S/C19H25NO/c1(5-14-20-17-12-13-17)2-6-15-21-19-11-7-9-16-8-3-4-10-18(16)19/h3-4,7-11,17,20H,1-2,5-6,12-15H2. The van der Waals surface area contributed by atoms with Crippen LogP contribution in [0.3, 0.4) is 0 Å². The smallest absolute Gasteiger partial charge is 0.127 e. The number of benzene rings is 2. The number of hydrogen-bond donors (Lipinski definition) is 1. The van der Waals surface area contributed by atoms with Crippen molar-refractivity contribution in [1.82, 2.24) is 5.32 Å². The molecule has 0 saturated heterocycles. The van der Waals surface area contributed by atoms with Crippen molar-refractivity contribution in [2.24, 2.45) is 0 Å². The SMILES string of the molecule is c1ccc2c(OCCCCCCNC3CC3)cccc2c1. The largest absolute Gasteiger partial charge is 0.493 e. The van der Waals surface area contributed by atoms with Gasteiger partial charge in [-0.25, -0.2) is 0 Å². The van der Waals surface area contributed by atoms with E-state index in [9.17, 15) is 0 Å². The third-order valence-corrected chi connectivity index (χ3v) is 4.09. The summed E-state index contributed by atoms with van der Waals surface area (Å²) < 4.78 is 5.96. The fourth-order valence-electron chi connectivity index (χ4n) is 2.68. The van der Waals surface area contributed by atoms with Crippen molar-refractivity contribution < 1.29 is 4.74 Å². The summed E-state index contributed by atoms with van der Waals surface area (Å²) in [6.07, 6.45) is 7.78. The molecule has 0 aliphatic heterocycles. The van der Waals surface area contributed by atoms with Gasteiger partial charge in [-0.1, -0.05) is 49.2 Å². The van der Waals surface area contributed by atoms with E-state index in [1.807, 2.05) is 0 Å². The zero-order valence-corrected chi connectivity index (χ0v) is 12.7. The summed E-state index contributed by atoms with van der Waals surface area (Å²) in [5, 5.41) is 6.03. The van der Waals surface area contributed by atoms with E-state index >= 15 is 0 Å². The van der Waals surface area contributed by atoms with Gasteiger partial charge in [-0.2, -0.15) is 0 Å². The first kappa shape index (κ1) is 14.4. The second-order valence-electron chi connectivity index (χ2n) is 5.97. The average Bonchev–Trinajstić information content (AvgIpc) is 3.34. The maximum absolute atomic E-state index is 5.96. The van der Waals surface area contributed by atoms with Crippen molar-refractivity contribution in [3.05, 3.63) is 42.5 Å². The van der Waals surface area contributed by atoms with Gasteiger partial charge in [0.1, 0.15) is 5.75 Å². The first-order valence-corrected chi connectivity index (χ1v) is 8.27. The van der Waals surface area contributed by atoms with Gasteiger partial charge in [0.25, 0.3) is 0 Å². The monoisotopic (exact) mass is 283 g/mol. The first-order chi connectivity index (χ1) is 10.4. The summed E-state index contributed by atoms with van der Waals surface area (Å²) in [7, 11) is 0. The van der Waals surface area contributed by atoms with Gasteiger partial charge in [0.15, 0.2) is 0 Å². The summed E-state index contributed by atoms with van der Waals surface area (Å²) in [6.45, 7) is 2.01. The van der Waals surface area contributed by atoms with Crippen molar-refractivity contribution in [1.29, 1.82) is 0 Å². The maximum atomic E-state index is 5.96. The summed E-state index contributed by atoms with van der Waals surface area (Å²) in [5.74, 6) is 1.02. The van der Waals surface area contributed by atoms with E-state index in [2.05, 4.69) is 47.8 Å². The van der Waals surface area contributed by atoms with Crippen molar-refractivity contribution in [3.8, 4) is 5.75 Å². The van der Waals surface area contributed by atoms with E-state index in [-0.39, 0.29) is 0 Å². The number of nitrogens with one attached hydrogen (secondary N) is 1. The first-order valence-electron chi connectivity index (χ1n) is 8.27. The Balaban J connectivity index is 1.34. The normalized spacial score (nSPS) is 14.5. The van der Waals surface area contributed by atoms with Crippen LogP contribution in [-0.4, -0.2) is 19.2 Å². The molecule has 21 heavy (non-hydrogen) atoms. The molecule has 112 valence electrons. The van der Waals surface area contributed by atoms with E-state index in [1.165, 1.54) is 49.4 Å². The van der Waals surface area contributed by atoms with Crippen LogP contribution < -0.4 is 10.1 Å². The summed E-state index contributed by atoms with van der Waals surface area (Å²) in [4.78, 5) is 0. The molecule has 1 aliphatic rings. The Bertz CT molecular complexity index is 557. The van der Waals surface area contributed by atoms with Crippen LogP contribution in [0.5, 0.6) is 5.75 Å². The second-order valence-corrected chi connectivity index (χ2v) is 5.97. The van der Waals surface area contributed by atoms with Crippen LogP contribution in [0.25, 0.3) is 10.8 Å². The molecule has 1 aliphatic carbocycles. The van der Waals surface area contributed by atoms with Gasteiger partial charge in [-0.3, -0.25) is 0 Å². The molecule has 2 heteroatoms. The quantitative estimate of drug-likeness (QED) is 0.683. The molecule has 2 aromatic rings. The molecule has 0 amide bonds. The summed E-state index contributed by atoms with van der Waals surface area (Å²) >= 11 is 0. The predicted molar refractivity (Wildman–Crippen MR) is 88.9 cm³/mol. The van der Waals surface area contributed by atoms with Crippen LogP contribution >= 0.6 is 0 Å². The fraction of sp³-hybridized carbons (Fsp3) is 0.474.